The van der Waals surface area contributed by atoms with Crippen molar-refractivity contribution in [2.24, 2.45) is 0 Å². The van der Waals surface area contributed by atoms with Crippen LogP contribution in [-0.2, 0) is 9.59 Å². The predicted octanol–water partition coefficient (Wildman–Crippen LogP) is -1.34. The van der Waals surface area contributed by atoms with Gasteiger partial charge in [-0.1, -0.05) is 0 Å². The van der Waals surface area contributed by atoms with Crippen LogP contribution >= 0.6 is 0 Å². The molecule has 7 heteroatoms. The molecule has 1 aromatic rings. The summed E-state index contributed by atoms with van der Waals surface area (Å²) in [4.78, 5) is 40.7. The minimum atomic E-state index is -0.521. The highest BCUT2D eigenvalue weighted by Gasteiger charge is 2.31. The van der Waals surface area contributed by atoms with E-state index in [0.717, 1.165) is 11.2 Å². The molecule has 0 aliphatic carbocycles. The zero-order valence-electron chi connectivity index (χ0n) is 7.69. The Bertz CT molecular complexity index is 493. The number of hydrogen-bond donors (Lipinski definition) is 2. The second-order valence-corrected chi connectivity index (χ2v) is 3.16. The van der Waals surface area contributed by atoms with E-state index >= 15 is 0 Å². The number of aromatic nitrogens is 2. The lowest BCUT2D eigenvalue weighted by molar-refractivity contribution is -0.121. The maximum absolute atomic E-state index is 11.3. The lowest BCUT2D eigenvalue weighted by Gasteiger charge is -2.13. The molecule has 0 radical (unpaired) electrons. The van der Waals surface area contributed by atoms with Crippen LogP contribution in [0.5, 0.6) is 0 Å². The first-order valence-electron chi connectivity index (χ1n) is 4.25. The topological polar surface area (TPSA) is 109 Å². The van der Waals surface area contributed by atoms with Crippen molar-refractivity contribution < 1.29 is 9.59 Å². The minimum absolute atomic E-state index is 0.0506. The first-order valence-corrected chi connectivity index (χ1v) is 4.25. The fourth-order valence-electron chi connectivity index (χ4n) is 1.39. The molecule has 2 rings (SSSR count). The van der Waals surface area contributed by atoms with Gasteiger partial charge in [-0.05, 0) is 0 Å². The second-order valence-electron chi connectivity index (χ2n) is 3.16. The Hall–Kier alpha value is -2.18. The largest absolute Gasteiger partial charge is 0.391 e. The molecule has 1 aliphatic heterocycles. The number of Topliss-reactive ketones (excluding diaryl/α,β-unsaturated/α-hetero) is 1. The Labute approximate surface area is 83.9 Å². The summed E-state index contributed by atoms with van der Waals surface area (Å²) >= 11 is 0. The highest BCUT2D eigenvalue weighted by molar-refractivity contribution is 6.15. The van der Waals surface area contributed by atoms with Gasteiger partial charge in [-0.3, -0.25) is 19.3 Å². The molecule has 15 heavy (non-hydrogen) atoms. The number of nitrogen functional groups attached to an aromatic ring is 1. The molecule has 2 heterocycles. The van der Waals surface area contributed by atoms with Crippen molar-refractivity contribution in [1.29, 1.82) is 0 Å². The van der Waals surface area contributed by atoms with Crippen molar-refractivity contribution >= 4 is 23.2 Å². The van der Waals surface area contributed by atoms with E-state index in [1.807, 2.05) is 0 Å². The van der Waals surface area contributed by atoms with Crippen LogP contribution in [0.4, 0.5) is 11.5 Å². The molecular weight excluding hydrogens is 200 g/mol. The molecule has 0 unspecified atom stereocenters. The van der Waals surface area contributed by atoms with E-state index < -0.39 is 5.56 Å². The van der Waals surface area contributed by atoms with Gasteiger partial charge in [0, 0.05) is 0 Å². The first-order chi connectivity index (χ1) is 7.09. The Morgan fingerprint density at radius 1 is 1.40 bits per heavy atom. The van der Waals surface area contributed by atoms with Crippen molar-refractivity contribution in [3.05, 3.63) is 16.7 Å². The second kappa shape index (κ2) is 3.19. The van der Waals surface area contributed by atoms with Crippen LogP contribution < -0.4 is 16.2 Å². The van der Waals surface area contributed by atoms with Gasteiger partial charge in [-0.25, -0.2) is 4.98 Å². The number of hydrogen-bond acceptors (Lipinski definition) is 5. The zero-order valence-corrected chi connectivity index (χ0v) is 7.69. The number of H-pyrrole nitrogens is 1. The van der Waals surface area contributed by atoms with Crippen LogP contribution in [0.25, 0.3) is 0 Å². The van der Waals surface area contributed by atoms with E-state index in [0.29, 0.717) is 0 Å². The van der Waals surface area contributed by atoms with Gasteiger partial charge >= 0.3 is 0 Å². The number of carbonyl (C=O) groups excluding carboxylic acids is 2. The van der Waals surface area contributed by atoms with Crippen LogP contribution in [0.1, 0.15) is 6.42 Å². The fraction of sp³-hybridized carbons (Fsp3) is 0.250. The van der Waals surface area contributed by atoms with E-state index in [1.54, 1.807) is 0 Å². The number of amides is 1. The average Bonchev–Trinajstić information content (AvgIpc) is 2.50. The Kier molecular flexibility index (Phi) is 2.00. The van der Waals surface area contributed by atoms with Gasteiger partial charge in [0.1, 0.15) is 5.69 Å². The SMILES string of the molecule is Nc1c(N2CC(=O)CC2=O)nc[nH]c1=O. The van der Waals surface area contributed by atoms with Gasteiger partial charge in [-0.15, -0.1) is 0 Å². The van der Waals surface area contributed by atoms with Crippen LogP contribution in [0.3, 0.4) is 0 Å². The highest BCUT2D eigenvalue weighted by Crippen LogP contribution is 2.19. The molecule has 7 nitrogen and oxygen atoms in total. The number of nitrogens with zero attached hydrogens (tertiary/aromatic N) is 2. The Morgan fingerprint density at radius 3 is 2.73 bits per heavy atom. The molecular formula is C8H8N4O3. The van der Waals surface area contributed by atoms with Gasteiger partial charge in [0.2, 0.25) is 5.91 Å². The third-order valence-corrected chi connectivity index (χ3v) is 2.11. The molecule has 1 amide bonds. The Morgan fingerprint density at radius 2 is 2.13 bits per heavy atom. The van der Waals surface area contributed by atoms with Crippen molar-refractivity contribution in [2.75, 3.05) is 17.2 Å². The third-order valence-electron chi connectivity index (χ3n) is 2.11. The first kappa shape index (κ1) is 9.38. The smallest absolute Gasteiger partial charge is 0.276 e. The number of carbonyl (C=O) groups is 2. The predicted molar refractivity (Wildman–Crippen MR) is 51.2 cm³/mol. The molecule has 3 N–H and O–H groups in total. The summed E-state index contributed by atoms with van der Waals surface area (Å²) in [5.74, 6) is -0.541. The van der Waals surface area contributed by atoms with E-state index in [1.165, 1.54) is 0 Å². The van der Waals surface area contributed by atoms with Crippen molar-refractivity contribution in [1.82, 2.24) is 9.97 Å². The zero-order chi connectivity index (χ0) is 11.0. The molecule has 0 bridgehead atoms. The average molecular weight is 208 g/mol. The van der Waals surface area contributed by atoms with Gasteiger partial charge in [0.15, 0.2) is 11.6 Å². The molecule has 0 spiro atoms. The van der Waals surface area contributed by atoms with E-state index in [9.17, 15) is 14.4 Å². The molecule has 0 aromatic carbocycles. The standard InChI is InChI=1S/C8H8N4O3/c9-6-7(10-3-11-8(6)15)12-2-4(13)1-5(12)14/h3H,1-2,9H2,(H,10,11,15). The Balaban J connectivity index is 2.46. The number of aromatic amines is 1. The van der Waals surface area contributed by atoms with Crippen molar-refractivity contribution in [3.8, 4) is 0 Å². The van der Waals surface area contributed by atoms with Crippen LogP contribution in [0.2, 0.25) is 0 Å². The summed E-state index contributed by atoms with van der Waals surface area (Å²) in [5, 5.41) is 0. The van der Waals surface area contributed by atoms with Gasteiger partial charge in [-0.2, -0.15) is 0 Å². The number of nitrogens with two attached hydrogens (primary N) is 1. The summed E-state index contributed by atoms with van der Waals surface area (Å²) in [6, 6.07) is 0. The van der Waals surface area contributed by atoms with Crippen molar-refractivity contribution in [3.63, 3.8) is 0 Å². The number of rotatable bonds is 1. The summed E-state index contributed by atoms with van der Waals surface area (Å²) in [7, 11) is 0. The molecule has 1 aliphatic rings. The molecule has 1 fully saturated rings. The molecule has 78 valence electrons. The van der Waals surface area contributed by atoms with Gasteiger partial charge in [0.05, 0.1) is 19.3 Å². The minimum Gasteiger partial charge on any atom is -0.391 e. The molecule has 0 saturated carbocycles. The monoisotopic (exact) mass is 208 g/mol. The third kappa shape index (κ3) is 1.47. The van der Waals surface area contributed by atoms with Gasteiger partial charge in [0.25, 0.3) is 5.56 Å². The molecule has 0 atom stereocenters. The van der Waals surface area contributed by atoms with Gasteiger partial charge < -0.3 is 10.7 Å². The fourth-order valence-corrected chi connectivity index (χ4v) is 1.39. The summed E-state index contributed by atoms with van der Waals surface area (Å²) in [6.07, 6.45) is 0.984. The maximum Gasteiger partial charge on any atom is 0.276 e. The van der Waals surface area contributed by atoms with E-state index in [4.69, 9.17) is 5.73 Å². The quantitative estimate of drug-likeness (QED) is 0.555. The summed E-state index contributed by atoms with van der Waals surface area (Å²) < 4.78 is 0. The molecule has 1 saturated heterocycles. The van der Waals surface area contributed by atoms with Crippen LogP contribution in [0, 0.1) is 0 Å². The number of ketones is 1. The maximum atomic E-state index is 11.3. The van der Waals surface area contributed by atoms with E-state index in [-0.39, 0.29) is 36.2 Å². The van der Waals surface area contributed by atoms with Crippen LogP contribution in [0.15, 0.2) is 11.1 Å². The lowest BCUT2D eigenvalue weighted by Crippen LogP contribution is -2.29. The number of anilines is 2. The summed E-state index contributed by atoms with van der Waals surface area (Å²) in [6.45, 7) is -0.0700. The lowest BCUT2D eigenvalue weighted by atomic mass is 10.3. The number of nitrogens with one attached hydrogen (secondary N) is 1. The van der Waals surface area contributed by atoms with Crippen LogP contribution in [-0.4, -0.2) is 28.2 Å². The normalized spacial score (nSPS) is 16.1. The highest BCUT2D eigenvalue weighted by atomic mass is 16.2. The summed E-state index contributed by atoms with van der Waals surface area (Å²) in [5.41, 5.74) is 4.79. The molecule has 1 aromatic heterocycles. The van der Waals surface area contributed by atoms with E-state index in [2.05, 4.69) is 9.97 Å². The van der Waals surface area contributed by atoms with Crippen molar-refractivity contribution in [2.45, 2.75) is 6.42 Å².